The van der Waals surface area contributed by atoms with Gasteiger partial charge in [0, 0.05) is 9.79 Å². The first-order valence-corrected chi connectivity index (χ1v) is 8.46. The van der Waals surface area contributed by atoms with E-state index < -0.39 is 19.7 Å². The van der Waals surface area contributed by atoms with Gasteiger partial charge in [-0.3, -0.25) is 16.8 Å². The van der Waals surface area contributed by atoms with Gasteiger partial charge in [0.15, 0.2) is 0 Å². The summed E-state index contributed by atoms with van der Waals surface area (Å²) < 4.78 is 47.9. The standard InChI is InChI=1S/C13H11O4S2.K/c14-18(15,12-7-3-1-4-8-12)11-19(16,17)13-9-5-2-6-10-13;/h1-11H;/q-1;+1. The van der Waals surface area contributed by atoms with E-state index in [0.29, 0.717) is 5.08 Å². The summed E-state index contributed by atoms with van der Waals surface area (Å²) >= 11 is 0. The van der Waals surface area contributed by atoms with E-state index in [1.165, 1.54) is 48.5 Å². The zero-order valence-electron chi connectivity index (χ0n) is 10.8. The fourth-order valence-corrected chi connectivity index (χ4v) is 4.79. The first-order chi connectivity index (χ1) is 8.92. The van der Waals surface area contributed by atoms with Crippen molar-refractivity contribution in [3.8, 4) is 0 Å². The summed E-state index contributed by atoms with van der Waals surface area (Å²) in [4.78, 5) is -0.0935. The molecule has 0 aliphatic rings. The molecule has 0 aromatic heterocycles. The van der Waals surface area contributed by atoms with Gasteiger partial charge in [-0.1, -0.05) is 41.5 Å². The molecule has 0 unspecified atom stereocenters. The fraction of sp³-hybridized carbons (Fsp3) is 0. The first kappa shape index (κ1) is 18.0. The molecule has 0 heterocycles. The van der Waals surface area contributed by atoms with E-state index in [1.807, 2.05) is 0 Å². The first-order valence-electron chi connectivity index (χ1n) is 5.37. The number of sulfone groups is 2. The Morgan fingerprint density at radius 2 is 0.900 bits per heavy atom. The molecule has 0 atom stereocenters. The Labute approximate surface area is 161 Å². The van der Waals surface area contributed by atoms with Gasteiger partial charge in [-0.2, -0.15) is 0 Å². The van der Waals surface area contributed by atoms with Crippen LogP contribution in [0, 0.1) is 5.08 Å². The molecule has 0 saturated heterocycles. The molecule has 0 fully saturated rings. The Balaban J connectivity index is 0.00000200. The number of rotatable bonds is 4. The third-order valence-electron chi connectivity index (χ3n) is 2.40. The molecule has 100 valence electrons. The minimum absolute atomic E-state index is 0. The second-order valence-corrected chi connectivity index (χ2v) is 7.70. The van der Waals surface area contributed by atoms with E-state index in [4.69, 9.17) is 0 Å². The molecule has 0 aliphatic carbocycles. The maximum Gasteiger partial charge on any atom is 1.00 e. The largest absolute Gasteiger partial charge is 1.00 e. The zero-order chi connectivity index (χ0) is 13.9. The van der Waals surface area contributed by atoms with Gasteiger partial charge in [0.25, 0.3) is 0 Å². The normalized spacial score (nSPS) is 11.6. The predicted molar refractivity (Wildman–Crippen MR) is 71.6 cm³/mol. The van der Waals surface area contributed by atoms with Gasteiger partial charge in [0.1, 0.15) is 0 Å². The zero-order valence-corrected chi connectivity index (χ0v) is 15.6. The third kappa shape index (κ3) is 4.49. The van der Waals surface area contributed by atoms with Gasteiger partial charge in [-0.05, 0) is 24.3 Å². The van der Waals surface area contributed by atoms with Crippen LogP contribution in [0.2, 0.25) is 0 Å². The van der Waals surface area contributed by atoms with E-state index in [-0.39, 0.29) is 61.2 Å². The van der Waals surface area contributed by atoms with Crippen LogP contribution in [-0.4, -0.2) is 16.8 Å². The second-order valence-electron chi connectivity index (χ2n) is 3.81. The van der Waals surface area contributed by atoms with Crippen LogP contribution in [-0.2, 0) is 19.7 Å². The van der Waals surface area contributed by atoms with Gasteiger partial charge in [0.2, 0.25) is 0 Å². The summed E-state index contributed by atoms with van der Waals surface area (Å²) in [5.41, 5.74) is 0. The van der Waals surface area contributed by atoms with Crippen LogP contribution < -0.4 is 51.4 Å². The van der Waals surface area contributed by atoms with Crippen molar-refractivity contribution in [2.45, 2.75) is 9.79 Å². The molecule has 0 saturated carbocycles. The summed E-state index contributed by atoms with van der Waals surface area (Å²) in [5, 5.41) is 0.394. The Bertz CT molecular complexity index is 687. The van der Waals surface area contributed by atoms with Crippen LogP contribution in [0.5, 0.6) is 0 Å². The molecule has 7 heteroatoms. The van der Waals surface area contributed by atoms with Gasteiger partial charge < -0.3 is 0 Å². The topological polar surface area (TPSA) is 68.3 Å². The minimum atomic E-state index is -3.98. The van der Waals surface area contributed by atoms with Crippen molar-refractivity contribution >= 4 is 19.7 Å². The Hall–Kier alpha value is -0.0236. The van der Waals surface area contributed by atoms with Crippen molar-refractivity contribution in [3.05, 3.63) is 65.7 Å². The molecular formula is C13H11KO4S2. The summed E-state index contributed by atoms with van der Waals surface area (Å²) in [6, 6.07) is 14.9. The SMILES string of the molecule is O=S(=O)([CH-]S(=O)(=O)c1ccccc1)c1ccccc1.[K+]. The predicted octanol–water partition coefficient (Wildman–Crippen LogP) is -0.943. The quantitative estimate of drug-likeness (QED) is 0.534. The molecular weight excluding hydrogens is 323 g/mol. The average molecular weight is 334 g/mol. The Morgan fingerprint density at radius 1 is 0.600 bits per heavy atom. The van der Waals surface area contributed by atoms with Gasteiger partial charge >= 0.3 is 51.4 Å². The van der Waals surface area contributed by atoms with Crippen LogP contribution in [0.3, 0.4) is 0 Å². The molecule has 2 rings (SSSR count). The number of hydrogen-bond acceptors (Lipinski definition) is 4. The van der Waals surface area contributed by atoms with Crippen molar-refractivity contribution < 1.29 is 68.2 Å². The van der Waals surface area contributed by atoms with Crippen LogP contribution in [0.15, 0.2) is 70.5 Å². The molecule has 0 bridgehead atoms. The fourth-order valence-electron chi connectivity index (χ4n) is 1.50. The van der Waals surface area contributed by atoms with E-state index >= 15 is 0 Å². The number of benzene rings is 2. The van der Waals surface area contributed by atoms with E-state index in [9.17, 15) is 16.8 Å². The summed E-state index contributed by atoms with van der Waals surface area (Å²) in [6.45, 7) is 0. The molecule has 20 heavy (non-hydrogen) atoms. The van der Waals surface area contributed by atoms with Crippen molar-refractivity contribution in [2.75, 3.05) is 0 Å². The molecule has 2 aromatic rings. The van der Waals surface area contributed by atoms with Crippen LogP contribution in [0.4, 0.5) is 0 Å². The van der Waals surface area contributed by atoms with Crippen molar-refractivity contribution in [2.24, 2.45) is 0 Å². The van der Waals surface area contributed by atoms with E-state index in [1.54, 1.807) is 12.1 Å². The summed E-state index contributed by atoms with van der Waals surface area (Å²) in [7, 11) is -7.96. The summed E-state index contributed by atoms with van der Waals surface area (Å²) in [5.74, 6) is 0. The van der Waals surface area contributed by atoms with Gasteiger partial charge in [-0.25, -0.2) is 0 Å². The molecule has 0 spiro atoms. The summed E-state index contributed by atoms with van der Waals surface area (Å²) in [6.07, 6.45) is 0. The Morgan fingerprint density at radius 3 is 1.20 bits per heavy atom. The second kappa shape index (κ2) is 7.30. The molecule has 0 aliphatic heterocycles. The van der Waals surface area contributed by atoms with Crippen LogP contribution >= 0.6 is 0 Å². The van der Waals surface area contributed by atoms with E-state index in [0.717, 1.165) is 0 Å². The third-order valence-corrected chi connectivity index (χ3v) is 6.28. The maximum absolute atomic E-state index is 12.0. The van der Waals surface area contributed by atoms with Gasteiger partial charge in [0.05, 0.1) is 19.7 Å². The van der Waals surface area contributed by atoms with Crippen LogP contribution in [0.25, 0.3) is 0 Å². The van der Waals surface area contributed by atoms with Gasteiger partial charge in [-0.15, -0.1) is 0 Å². The minimum Gasteiger partial charge on any atom is -0.256 e. The molecule has 0 amide bonds. The monoisotopic (exact) mass is 334 g/mol. The maximum atomic E-state index is 12.0. The van der Waals surface area contributed by atoms with E-state index in [2.05, 4.69) is 0 Å². The van der Waals surface area contributed by atoms with Crippen molar-refractivity contribution in [1.82, 2.24) is 0 Å². The van der Waals surface area contributed by atoms with Crippen molar-refractivity contribution in [1.29, 1.82) is 0 Å². The number of hydrogen-bond donors (Lipinski definition) is 0. The molecule has 0 radical (unpaired) electrons. The Kier molecular flexibility index (Phi) is 6.58. The molecule has 0 N–H and O–H groups in total. The molecule has 2 aromatic carbocycles. The smallest absolute Gasteiger partial charge is 0.256 e. The van der Waals surface area contributed by atoms with Crippen LogP contribution in [0.1, 0.15) is 0 Å². The molecule has 4 nitrogen and oxygen atoms in total. The average Bonchev–Trinajstić information content (AvgIpc) is 2.40. The van der Waals surface area contributed by atoms with Crippen molar-refractivity contribution in [3.63, 3.8) is 0 Å².